The Morgan fingerprint density at radius 1 is 1.24 bits per heavy atom. The van der Waals surface area contributed by atoms with Crippen LogP contribution in [0.5, 0.6) is 5.75 Å². The Bertz CT molecular complexity index is 1260. The van der Waals surface area contributed by atoms with E-state index in [0.29, 0.717) is 5.52 Å². The SMILES string of the molecule is COC(=O)c1cc2nc([C@@H]3O[C@@](C)(C(F)(F)F)[C@@H](C)[C@@H]3c3ccc(F)c(F)c3OC)[nH]c2cn1. The minimum Gasteiger partial charge on any atom is -0.493 e. The molecule has 7 nitrogen and oxygen atoms in total. The summed E-state index contributed by atoms with van der Waals surface area (Å²) >= 11 is 0. The van der Waals surface area contributed by atoms with Crippen molar-refractivity contribution < 1.29 is 41.0 Å². The molecule has 3 aromatic rings. The number of aromatic nitrogens is 3. The topological polar surface area (TPSA) is 86.3 Å². The highest BCUT2D eigenvalue weighted by Crippen LogP contribution is 2.59. The number of methoxy groups -OCH3 is 2. The number of halogens is 5. The summed E-state index contributed by atoms with van der Waals surface area (Å²) in [4.78, 5) is 22.9. The zero-order chi connectivity index (χ0) is 25.0. The van der Waals surface area contributed by atoms with E-state index in [1.165, 1.54) is 32.4 Å². The number of nitrogens with one attached hydrogen (secondary N) is 1. The molecule has 0 radical (unpaired) electrons. The number of alkyl halides is 3. The summed E-state index contributed by atoms with van der Waals surface area (Å²) < 4.78 is 85.8. The third-order valence-electron chi connectivity index (χ3n) is 6.36. The van der Waals surface area contributed by atoms with Crippen molar-refractivity contribution in [3.63, 3.8) is 0 Å². The predicted octanol–water partition coefficient (Wildman–Crippen LogP) is 4.84. The molecule has 0 spiro atoms. The fourth-order valence-electron chi connectivity index (χ4n) is 4.33. The highest BCUT2D eigenvalue weighted by Gasteiger charge is 2.65. The van der Waals surface area contributed by atoms with Crippen LogP contribution in [-0.2, 0) is 9.47 Å². The fraction of sp³-hybridized carbons (Fsp3) is 0.409. The van der Waals surface area contributed by atoms with E-state index < -0.39 is 53.1 Å². The van der Waals surface area contributed by atoms with Gasteiger partial charge >= 0.3 is 12.1 Å². The van der Waals surface area contributed by atoms with Gasteiger partial charge < -0.3 is 19.2 Å². The monoisotopic (exact) mass is 485 g/mol. The molecule has 1 N–H and O–H groups in total. The second-order valence-corrected chi connectivity index (χ2v) is 8.14. The van der Waals surface area contributed by atoms with Crippen LogP contribution in [0.15, 0.2) is 24.4 Å². The maximum Gasteiger partial charge on any atom is 0.417 e. The van der Waals surface area contributed by atoms with E-state index in [-0.39, 0.29) is 22.6 Å². The molecule has 1 aliphatic heterocycles. The number of carbonyl (C=O) groups excluding carboxylic acids is 1. The molecule has 0 bridgehead atoms. The Morgan fingerprint density at radius 2 is 1.94 bits per heavy atom. The molecule has 0 saturated carbocycles. The Labute approximate surface area is 190 Å². The van der Waals surface area contributed by atoms with Gasteiger partial charge in [0, 0.05) is 17.4 Å². The van der Waals surface area contributed by atoms with E-state index in [2.05, 4.69) is 19.7 Å². The number of hydrogen-bond acceptors (Lipinski definition) is 6. The van der Waals surface area contributed by atoms with Gasteiger partial charge in [-0.05, 0) is 19.1 Å². The summed E-state index contributed by atoms with van der Waals surface area (Å²) in [6.45, 7) is 2.22. The Kier molecular flexibility index (Phi) is 5.75. The molecular weight excluding hydrogens is 465 g/mol. The van der Waals surface area contributed by atoms with Crippen LogP contribution in [-0.4, -0.2) is 46.9 Å². The minimum atomic E-state index is -4.78. The van der Waals surface area contributed by atoms with E-state index in [0.717, 1.165) is 20.1 Å². The van der Waals surface area contributed by atoms with Gasteiger partial charge in [-0.15, -0.1) is 0 Å². The number of rotatable bonds is 4. The van der Waals surface area contributed by atoms with Gasteiger partial charge in [-0.1, -0.05) is 13.0 Å². The molecule has 182 valence electrons. The summed E-state index contributed by atoms with van der Waals surface area (Å²) in [6, 6.07) is 3.32. The van der Waals surface area contributed by atoms with Crippen LogP contribution in [0.4, 0.5) is 22.0 Å². The summed E-state index contributed by atoms with van der Waals surface area (Å²) in [6.07, 6.45) is -4.84. The first-order valence-corrected chi connectivity index (χ1v) is 10.1. The van der Waals surface area contributed by atoms with Gasteiger partial charge in [-0.2, -0.15) is 17.6 Å². The normalized spacial score (nSPS) is 25.0. The van der Waals surface area contributed by atoms with Gasteiger partial charge in [-0.3, -0.25) is 0 Å². The number of imidazole rings is 1. The number of esters is 1. The summed E-state index contributed by atoms with van der Waals surface area (Å²) in [5.41, 5.74) is -2.12. The first-order valence-electron chi connectivity index (χ1n) is 10.1. The van der Waals surface area contributed by atoms with Crippen LogP contribution >= 0.6 is 0 Å². The molecule has 1 saturated heterocycles. The molecule has 4 rings (SSSR count). The van der Waals surface area contributed by atoms with Gasteiger partial charge in [-0.25, -0.2) is 19.2 Å². The molecule has 3 heterocycles. The van der Waals surface area contributed by atoms with Crippen molar-refractivity contribution >= 4 is 17.0 Å². The minimum absolute atomic E-state index is 0.000654. The molecule has 0 unspecified atom stereocenters. The maximum absolute atomic E-state index is 14.5. The fourth-order valence-corrected chi connectivity index (χ4v) is 4.33. The second kappa shape index (κ2) is 8.19. The number of nitrogens with zero attached hydrogens (tertiary/aromatic N) is 2. The lowest BCUT2D eigenvalue weighted by Crippen LogP contribution is -2.46. The Morgan fingerprint density at radius 3 is 2.56 bits per heavy atom. The van der Waals surface area contributed by atoms with Crippen LogP contribution in [0.1, 0.15) is 47.7 Å². The van der Waals surface area contributed by atoms with Crippen LogP contribution in [0.3, 0.4) is 0 Å². The lowest BCUT2D eigenvalue weighted by Gasteiger charge is -2.32. The molecule has 1 fully saturated rings. The molecule has 1 aromatic carbocycles. The molecule has 1 aliphatic rings. The van der Waals surface area contributed by atoms with Crippen molar-refractivity contribution in [2.45, 2.75) is 37.6 Å². The van der Waals surface area contributed by atoms with Gasteiger partial charge in [0.2, 0.25) is 5.82 Å². The van der Waals surface area contributed by atoms with Crippen molar-refractivity contribution in [3.05, 3.63) is 53.1 Å². The zero-order valence-corrected chi connectivity index (χ0v) is 18.5. The number of carbonyl (C=O) groups is 1. The van der Waals surface area contributed by atoms with Crippen molar-refractivity contribution in [1.82, 2.24) is 15.0 Å². The molecule has 0 amide bonds. The van der Waals surface area contributed by atoms with E-state index in [1.807, 2.05) is 0 Å². The van der Waals surface area contributed by atoms with Crippen LogP contribution < -0.4 is 4.74 Å². The van der Waals surface area contributed by atoms with E-state index in [4.69, 9.17) is 9.47 Å². The van der Waals surface area contributed by atoms with E-state index in [9.17, 15) is 26.7 Å². The van der Waals surface area contributed by atoms with Crippen molar-refractivity contribution in [2.24, 2.45) is 5.92 Å². The number of benzene rings is 1. The second-order valence-electron chi connectivity index (χ2n) is 8.14. The molecule has 4 atom stereocenters. The Balaban J connectivity index is 1.89. The third kappa shape index (κ3) is 3.56. The average Bonchev–Trinajstić information content (AvgIpc) is 3.33. The number of aromatic amines is 1. The highest BCUT2D eigenvalue weighted by atomic mass is 19.4. The quantitative estimate of drug-likeness (QED) is 0.420. The van der Waals surface area contributed by atoms with Gasteiger partial charge in [0.05, 0.1) is 31.4 Å². The van der Waals surface area contributed by atoms with E-state index >= 15 is 0 Å². The maximum atomic E-state index is 14.5. The average molecular weight is 485 g/mol. The summed E-state index contributed by atoms with van der Waals surface area (Å²) in [5.74, 6) is -6.11. The smallest absolute Gasteiger partial charge is 0.417 e. The van der Waals surface area contributed by atoms with Crippen molar-refractivity contribution in [3.8, 4) is 5.75 Å². The summed E-state index contributed by atoms with van der Waals surface area (Å²) in [7, 11) is 2.27. The lowest BCUT2D eigenvalue weighted by molar-refractivity contribution is -0.275. The lowest BCUT2D eigenvalue weighted by atomic mass is 9.77. The van der Waals surface area contributed by atoms with Gasteiger partial charge in [0.25, 0.3) is 0 Å². The molecule has 0 aliphatic carbocycles. The van der Waals surface area contributed by atoms with Crippen molar-refractivity contribution in [2.75, 3.05) is 14.2 Å². The Hall–Kier alpha value is -3.28. The highest BCUT2D eigenvalue weighted by molar-refractivity contribution is 5.91. The van der Waals surface area contributed by atoms with Crippen LogP contribution in [0.2, 0.25) is 0 Å². The standard InChI is InChI=1S/C22H20F5N3O4/c1-9-15(10-5-6-11(23)16(24)17(10)32-3)18(34-21(9,2)22(25,26)27)19-29-12-7-13(20(31)33-4)28-8-14(12)30-19/h5-9,15,18H,1-4H3,(H,29,30)/t9-,15+,18+,21+/m0/s1. The van der Waals surface area contributed by atoms with Crippen molar-refractivity contribution in [1.29, 1.82) is 0 Å². The predicted molar refractivity (Wildman–Crippen MR) is 108 cm³/mol. The molecular formula is C22H20F5N3O4. The third-order valence-corrected chi connectivity index (χ3v) is 6.36. The van der Waals surface area contributed by atoms with Crippen LogP contribution in [0, 0.1) is 17.6 Å². The number of ether oxygens (including phenoxy) is 3. The molecule has 12 heteroatoms. The number of fused-ring (bicyclic) bond motifs is 1. The zero-order valence-electron chi connectivity index (χ0n) is 18.5. The number of hydrogen-bond donors (Lipinski definition) is 1. The van der Waals surface area contributed by atoms with E-state index in [1.54, 1.807) is 0 Å². The molecule has 2 aromatic heterocycles. The molecule has 34 heavy (non-hydrogen) atoms. The van der Waals surface area contributed by atoms with Gasteiger partial charge in [0.1, 0.15) is 11.9 Å². The first kappa shape index (κ1) is 23.9. The number of pyridine rings is 1. The number of H-pyrrole nitrogens is 1. The van der Waals surface area contributed by atoms with Gasteiger partial charge in [0.15, 0.2) is 22.9 Å². The largest absolute Gasteiger partial charge is 0.493 e. The first-order chi connectivity index (χ1) is 15.9. The summed E-state index contributed by atoms with van der Waals surface area (Å²) in [5, 5.41) is 0. The van der Waals surface area contributed by atoms with Crippen LogP contribution in [0.25, 0.3) is 11.0 Å².